The Hall–Kier alpha value is -3.94. The molecule has 2 aromatic carbocycles. The third-order valence-electron chi connectivity index (χ3n) is 5.98. The van der Waals surface area contributed by atoms with Crippen LogP contribution in [0.25, 0.3) is 11.4 Å². The highest BCUT2D eigenvalue weighted by Crippen LogP contribution is 2.24. The molecule has 1 amide bonds. The third-order valence-corrected chi connectivity index (χ3v) is 5.98. The maximum absolute atomic E-state index is 12.9. The SMILES string of the molecule is CCCCN(CCCC)C(=O)c1cnc(-c2ccc(C(=O)OC)cc2C(=O)O)[nH]1.c1cc2cc(c1)C2. The van der Waals surface area contributed by atoms with E-state index in [1.165, 1.54) is 49.1 Å². The summed E-state index contributed by atoms with van der Waals surface area (Å²) >= 11 is 0. The van der Waals surface area contributed by atoms with Gasteiger partial charge in [0.2, 0.25) is 0 Å². The molecule has 8 nitrogen and oxygen atoms in total. The van der Waals surface area contributed by atoms with Gasteiger partial charge in [0.1, 0.15) is 11.5 Å². The smallest absolute Gasteiger partial charge is 0.337 e. The Bertz CT molecular complexity index is 1180. The fraction of sp³-hybridized carbons (Fsp3) is 0.357. The van der Waals surface area contributed by atoms with Gasteiger partial charge in [0.15, 0.2) is 0 Å². The highest BCUT2D eigenvalue weighted by Gasteiger charge is 2.21. The number of hydrogen-bond donors (Lipinski definition) is 2. The van der Waals surface area contributed by atoms with Crippen LogP contribution in [-0.4, -0.2) is 58.0 Å². The highest BCUT2D eigenvalue weighted by molar-refractivity contribution is 6.00. The second-order valence-corrected chi connectivity index (χ2v) is 8.70. The first-order valence-corrected chi connectivity index (χ1v) is 12.3. The molecule has 1 heterocycles. The summed E-state index contributed by atoms with van der Waals surface area (Å²) in [7, 11) is 1.23. The molecule has 3 aromatic rings. The van der Waals surface area contributed by atoms with E-state index in [9.17, 15) is 19.5 Å². The van der Waals surface area contributed by atoms with Crippen LogP contribution >= 0.6 is 0 Å². The zero-order valence-corrected chi connectivity index (χ0v) is 21.0. The van der Waals surface area contributed by atoms with Crippen molar-refractivity contribution in [1.29, 1.82) is 0 Å². The van der Waals surface area contributed by atoms with Gasteiger partial charge in [-0.3, -0.25) is 4.79 Å². The largest absolute Gasteiger partial charge is 0.478 e. The Morgan fingerprint density at radius 2 is 1.67 bits per heavy atom. The Morgan fingerprint density at radius 1 is 1.03 bits per heavy atom. The minimum absolute atomic E-state index is 0.102. The normalized spacial score (nSPS) is 11.1. The van der Waals surface area contributed by atoms with Gasteiger partial charge in [-0.2, -0.15) is 0 Å². The molecule has 0 aliphatic heterocycles. The van der Waals surface area contributed by atoms with E-state index >= 15 is 0 Å². The van der Waals surface area contributed by atoms with Crippen molar-refractivity contribution in [3.63, 3.8) is 0 Å². The number of aromatic nitrogens is 2. The number of rotatable bonds is 10. The van der Waals surface area contributed by atoms with Crippen LogP contribution in [-0.2, 0) is 11.2 Å². The summed E-state index contributed by atoms with van der Waals surface area (Å²) in [5.74, 6) is -1.73. The zero-order chi connectivity index (χ0) is 26.1. The second-order valence-electron chi connectivity index (χ2n) is 8.70. The number of fused-ring (bicyclic) bond motifs is 2. The molecule has 5 rings (SSSR count). The molecule has 36 heavy (non-hydrogen) atoms. The van der Waals surface area contributed by atoms with Crippen molar-refractivity contribution in [2.75, 3.05) is 20.2 Å². The summed E-state index contributed by atoms with van der Waals surface area (Å²) in [5, 5.41) is 9.54. The van der Waals surface area contributed by atoms with E-state index in [1.807, 2.05) is 0 Å². The van der Waals surface area contributed by atoms with Gasteiger partial charge in [0, 0.05) is 18.7 Å². The summed E-state index contributed by atoms with van der Waals surface area (Å²) in [6.45, 7) is 5.47. The molecular weight excluding hydrogens is 458 g/mol. The molecule has 2 N–H and O–H groups in total. The fourth-order valence-electron chi connectivity index (χ4n) is 3.88. The van der Waals surface area contributed by atoms with Crippen LogP contribution in [0.3, 0.4) is 0 Å². The van der Waals surface area contributed by atoms with E-state index in [0.717, 1.165) is 25.7 Å². The lowest BCUT2D eigenvalue weighted by Gasteiger charge is -2.21. The monoisotopic (exact) mass is 491 g/mol. The van der Waals surface area contributed by atoms with Crippen LogP contribution < -0.4 is 0 Å². The quantitative estimate of drug-likeness (QED) is 0.295. The number of ether oxygens (including phenoxy) is 1. The Labute approximate surface area is 211 Å². The number of carboxylic acid groups (broad SMARTS) is 1. The topological polar surface area (TPSA) is 113 Å². The lowest BCUT2D eigenvalue weighted by atomic mass is 9.94. The molecule has 0 spiro atoms. The molecule has 190 valence electrons. The number of amides is 1. The molecule has 2 aliphatic carbocycles. The second kappa shape index (κ2) is 12.7. The van der Waals surface area contributed by atoms with Gasteiger partial charge in [-0.15, -0.1) is 0 Å². The molecule has 0 atom stereocenters. The van der Waals surface area contributed by atoms with E-state index in [2.05, 4.69) is 52.8 Å². The third kappa shape index (κ3) is 6.59. The first-order valence-electron chi connectivity index (χ1n) is 12.3. The fourth-order valence-corrected chi connectivity index (χ4v) is 3.88. The number of esters is 1. The summed E-state index contributed by atoms with van der Waals surface area (Å²) in [6.07, 6.45) is 6.43. The van der Waals surface area contributed by atoms with E-state index in [0.29, 0.717) is 18.8 Å². The number of carboxylic acids is 1. The van der Waals surface area contributed by atoms with Crippen LogP contribution in [0.1, 0.15) is 81.9 Å². The molecule has 0 radical (unpaired) electrons. The van der Waals surface area contributed by atoms with Crippen molar-refractivity contribution in [2.24, 2.45) is 0 Å². The number of carbonyl (C=O) groups excluding carboxylic acids is 2. The van der Waals surface area contributed by atoms with Crippen molar-refractivity contribution in [1.82, 2.24) is 14.9 Å². The predicted octanol–water partition coefficient (Wildman–Crippen LogP) is 5.19. The highest BCUT2D eigenvalue weighted by atomic mass is 16.5. The molecule has 2 aliphatic rings. The summed E-state index contributed by atoms with van der Waals surface area (Å²) in [5.41, 5.74) is 3.59. The van der Waals surface area contributed by atoms with Gasteiger partial charge < -0.3 is 19.7 Å². The van der Waals surface area contributed by atoms with E-state index in [-0.39, 0.29) is 28.4 Å². The van der Waals surface area contributed by atoms with Gasteiger partial charge >= 0.3 is 11.9 Å². The van der Waals surface area contributed by atoms with Gasteiger partial charge in [-0.1, -0.05) is 51.0 Å². The van der Waals surface area contributed by atoms with Gasteiger partial charge in [-0.25, -0.2) is 14.6 Å². The zero-order valence-electron chi connectivity index (χ0n) is 21.0. The number of nitrogens with zero attached hydrogens (tertiary/aromatic N) is 2. The van der Waals surface area contributed by atoms with Crippen LogP contribution in [0, 0.1) is 0 Å². The van der Waals surface area contributed by atoms with Crippen LogP contribution in [0.2, 0.25) is 0 Å². The van der Waals surface area contributed by atoms with E-state index < -0.39 is 11.9 Å². The number of imidazole rings is 1. The average molecular weight is 492 g/mol. The summed E-state index contributed by atoms with van der Waals surface area (Å²) in [4.78, 5) is 45.2. The number of carbonyl (C=O) groups is 3. The first-order chi connectivity index (χ1) is 17.4. The van der Waals surface area contributed by atoms with Crippen molar-refractivity contribution in [3.8, 4) is 11.4 Å². The van der Waals surface area contributed by atoms with Gasteiger partial charge in [0.05, 0.1) is 24.4 Å². The van der Waals surface area contributed by atoms with Crippen molar-refractivity contribution < 1.29 is 24.2 Å². The average Bonchev–Trinajstić information content (AvgIpc) is 3.38. The number of methoxy groups -OCH3 is 1. The summed E-state index contributed by atoms with van der Waals surface area (Å²) in [6, 6.07) is 12.8. The number of aromatic carboxylic acids is 1. The standard InChI is InChI=1S/C21H27N3O5.C7H6/c1-4-6-10-24(11-7-5-2)19(25)17-13-22-18(23-17)15-9-8-14(21(28)29-3)12-16(15)20(26)27;1-2-6-4-7(3-1)5-6/h8-9,12-13H,4-7,10-11H2,1-3H3,(H,22,23)(H,26,27);1-4H,5H2. The lowest BCUT2D eigenvalue weighted by Crippen LogP contribution is -2.33. The van der Waals surface area contributed by atoms with Gasteiger partial charge in [-0.05, 0) is 48.6 Å². The minimum Gasteiger partial charge on any atom is -0.478 e. The number of H-pyrrole nitrogens is 1. The Morgan fingerprint density at radius 3 is 2.14 bits per heavy atom. The molecule has 0 unspecified atom stereocenters. The van der Waals surface area contributed by atoms with Crippen LogP contribution in [0.15, 0.2) is 48.7 Å². The maximum Gasteiger partial charge on any atom is 0.337 e. The van der Waals surface area contributed by atoms with E-state index in [4.69, 9.17) is 0 Å². The van der Waals surface area contributed by atoms with Crippen molar-refractivity contribution in [2.45, 2.75) is 46.0 Å². The molecule has 0 fully saturated rings. The number of aromatic amines is 1. The number of benzene rings is 2. The van der Waals surface area contributed by atoms with E-state index in [1.54, 1.807) is 4.90 Å². The minimum atomic E-state index is -1.21. The van der Waals surface area contributed by atoms with Crippen LogP contribution in [0.4, 0.5) is 0 Å². The first kappa shape index (κ1) is 26.7. The maximum atomic E-state index is 12.9. The molecule has 1 aromatic heterocycles. The molecule has 0 saturated carbocycles. The number of hydrogen-bond acceptors (Lipinski definition) is 5. The van der Waals surface area contributed by atoms with Crippen molar-refractivity contribution >= 4 is 17.8 Å². The Balaban J connectivity index is 0.000000433. The number of unbranched alkanes of at least 4 members (excludes halogenated alkanes) is 2. The number of nitrogens with one attached hydrogen (secondary N) is 1. The Kier molecular flexibility index (Phi) is 9.39. The van der Waals surface area contributed by atoms with Crippen molar-refractivity contribution in [3.05, 3.63) is 76.6 Å². The van der Waals surface area contributed by atoms with Gasteiger partial charge in [0.25, 0.3) is 5.91 Å². The molecular formula is C28H33N3O5. The molecule has 2 bridgehead atoms. The predicted molar refractivity (Wildman–Crippen MR) is 137 cm³/mol. The molecule has 8 heteroatoms. The molecule has 0 saturated heterocycles. The summed E-state index contributed by atoms with van der Waals surface area (Å²) < 4.78 is 4.64. The lowest BCUT2D eigenvalue weighted by molar-refractivity contribution is 0.0600. The van der Waals surface area contributed by atoms with Crippen LogP contribution in [0.5, 0.6) is 0 Å².